The van der Waals surface area contributed by atoms with E-state index in [9.17, 15) is 0 Å². The number of hydrogen-bond donors (Lipinski definition) is 1. The molecule has 2 N–H and O–H groups in total. The summed E-state index contributed by atoms with van der Waals surface area (Å²) in [5.41, 5.74) is 7.71. The topological polar surface area (TPSA) is 29.3 Å². The van der Waals surface area contributed by atoms with Crippen molar-refractivity contribution in [3.63, 3.8) is 0 Å². The maximum Gasteiger partial charge on any atom is 0.0307 e. The molecule has 0 saturated carbocycles. The fourth-order valence-corrected chi connectivity index (χ4v) is 4.08. The van der Waals surface area contributed by atoms with E-state index in [2.05, 4.69) is 60.8 Å². The summed E-state index contributed by atoms with van der Waals surface area (Å²) in [6.45, 7) is 7.78. The van der Waals surface area contributed by atoms with E-state index in [0.29, 0.717) is 0 Å². The van der Waals surface area contributed by atoms with Gasteiger partial charge in [0.15, 0.2) is 0 Å². The van der Waals surface area contributed by atoms with Crippen molar-refractivity contribution in [1.29, 1.82) is 0 Å². The van der Waals surface area contributed by atoms with Gasteiger partial charge in [0.25, 0.3) is 0 Å². The molecule has 2 nitrogen and oxygen atoms in total. The standard InChI is InChI=1S/C17H28N2S/c1-3-16-13-19(11-12-20-16)17(2,14-18)10-9-15-7-5-4-6-8-15/h4-8,16H,3,9-14,18H2,1-2H3. The van der Waals surface area contributed by atoms with Crippen LogP contribution in [0.25, 0.3) is 0 Å². The molecule has 0 aliphatic carbocycles. The van der Waals surface area contributed by atoms with Crippen LogP contribution in [0.3, 0.4) is 0 Å². The van der Waals surface area contributed by atoms with Gasteiger partial charge < -0.3 is 5.73 Å². The Morgan fingerprint density at radius 3 is 2.75 bits per heavy atom. The van der Waals surface area contributed by atoms with Crippen molar-refractivity contribution in [2.75, 3.05) is 25.4 Å². The number of benzene rings is 1. The molecule has 1 aromatic carbocycles. The third kappa shape index (κ3) is 4.00. The quantitative estimate of drug-likeness (QED) is 0.873. The molecule has 1 heterocycles. The van der Waals surface area contributed by atoms with Gasteiger partial charge in [-0.3, -0.25) is 4.90 Å². The van der Waals surface area contributed by atoms with Crippen molar-refractivity contribution in [3.05, 3.63) is 35.9 Å². The molecule has 0 bridgehead atoms. The summed E-state index contributed by atoms with van der Waals surface area (Å²) in [4.78, 5) is 2.64. The molecular weight excluding hydrogens is 264 g/mol. The Hall–Kier alpha value is -0.510. The highest BCUT2D eigenvalue weighted by Gasteiger charge is 2.33. The highest BCUT2D eigenvalue weighted by Crippen LogP contribution is 2.29. The largest absolute Gasteiger partial charge is 0.329 e. The number of thioether (sulfide) groups is 1. The van der Waals surface area contributed by atoms with E-state index in [1.54, 1.807) is 0 Å². The molecule has 0 aromatic heterocycles. The van der Waals surface area contributed by atoms with Crippen molar-refractivity contribution < 1.29 is 0 Å². The molecular formula is C17H28N2S. The van der Waals surface area contributed by atoms with Crippen LogP contribution in [-0.2, 0) is 6.42 Å². The van der Waals surface area contributed by atoms with Crippen LogP contribution in [0.4, 0.5) is 0 Å². The first-order chi connectivity index (χ1) is 9.68. The average Bonchev–Trinajstić information content (AvgIpc) is 2.53. The normalized spacial score (nSPS) is 23.4. The zero-order valence-corrected chi connectivity index (χ0v) is 13.7. The number of aryl methyl sites for hydroxylation is 1. The van der Waals surface area contributed by atoms with Crippen molar-refractivity contribution in [2.45, 2.75) is 43.9 Å². The molecule has 0 amide bonds. The predicted octanol–water partition coefficient (Wildman–Crippen LogP) is 3.16. The van der Waals surface area contributed by atoms with Crippen LogP contribution in [0.2, 0.25) is 0 Å². The first-order valence-corrected chi connectivity index (χ1v) is 8.83. The van der Waals surface area contributed by atoms with Gasteiger partial charge in [0.1, 0.15) is 0 Å². The average molecular weight is 292 g/mol. The lowest BCUT2D eigenvalue weighted by Gasteiger charge is -2.45. The Morgan fingerprint density at radius 1 is 1.35 bits per heavy atom. The Kier molecular flexibility index (Phi) is 5.94. The second-order valence-electron chi connectivity index (χ2n) is 6.03. The lowest BCUT2D eigenvalue weighted by Crippen LogP contribution is -2.56. The van der Waals surface area contributed by atoms with Gasteiger partial charge >= 0.3 is 0 Å². The highest BCUT2D eigenvalue weighted by molar-refractivity contribution is 8.00. The number of hydrogen-bond acceptors (Lipinski definition) is 3. The molecule has 3 heteroatoms. The first kappa shape index (κ1) is 15.9. The summed E-state index contributed by atoms with van der Waals surface area (Å²) in [5.74, 6) is 1.25. The van der Waals surface area contributed by atoms with E-state index in [0.717, 1.165) is 24.6 Å². The minimum absolute atomic E-state index is 0.143. The van der Waals surface area contributed by atoms with Gasteiger partial charge in [0.05, 0.1) is 0 Å². The van der Waals surface area contributed by atoms with E-state index in [4.69, 9.17) is 5.73 Å². The Bertz CT molecular complexity index is 395. The summed E-state index contributed by atoms with van der Waals surface area (Å²) in [5, 5.41) is 0.784. The first-order valence-electron chi connectivity index (χ1n) is 7.78. The molecule has 2 rings (SSSR count). The Labute approximate surface area is 128 Å². The molecule has 1 saturated heterocycles. The van der Waals surface area contributed by atoms with E-state index in [-0.39, 0.29) is 5.54 Å². The monoisotopic (exact) mass is 292 g/mol. The van der Waals surface area contributed by atoms with Crippen molar-refractivity contribution in [1.82, 2.24) is 4.90 Å². The third-order valence-electron chi connectivity index (χ3n) is 4.59. The summed E-state index contributed by atoms with van der Waals surface area (Å²) in [6, 6.07) is 10.8. The van der Waals surface area contributed by atoms with Crippen molar-refractivity contribution in [3.8, 4) is 0 Å². The maximum atomic E-state index is 6.14. The van der Waals surface area contributed by atoms with Crippen LogP contribution in [0.1, 0.15) is 32.3 Å². The highest BCUT2D eigenvalue weighted by atomic mass is 32.2. The Morgan fingerprint density at radius 2 is 2.10 bits per heavy atom. The zero-order valence-electron chi connectivity index (χ0n) is 12.8. The molecule has 1 fully saturated rings. The number of rotatable bonds is 6. The Balaban J connectivity index is 1.97. The summed E-state index contributed by atoms with van der Waals surface area (Å²) in [7, 11) is 0. The van der Waals surface area contributed by atoms with E-state index < -0.39 is 0 Å². The van der Waals surface area contributed by atoms with Gasteiger partial charge in [0.2, 0.25) is 0 Å². The maximum absolute atomic E-state index is 6.14. The molecule has 2 atom stereocenters. The van der Waals surface area contributed by atoms with Gasteiger partial charge in [-0.1, -0.05) is 37.3 Å². The predicted molar refractivity (Wildman–Crippen MR) is 90.3 cm³/mol. The smallest absolute Gasteiger partial charge is 0.0307 e. The van der Waals surface area contributed by atoms with Gasteiger partial charge in [-0.05, 0) is 31.7 Å². The molecule has 0 spiro atoms. The van der Waals surface area contributed by atoms with Gasteiger partial charge in [-0.2, -0.15) is 11.8 Å². The zero-order chi connectivity index (χ0) is 14.4. The van der Waals surface area contributed by atoms with Crippen LogP contribution in [0.15, 0.2) is 30.3 Å². The summed E-state index contributed by atoms with van der Waals surface area (Å²) < 4.78 is 0. The lowest BCUT2D eigenvalue weighted by molar-refractivity contribution is 0.105. The second kappa shape index (κ2) is 7.48. The molecule has 1 aromatic rings. The molecule has 1 aliphatic rings. The van der Waals surface area contributed by atoms with Gasteiger partial charge in [-0.15, -0.1) is 0 Å². The SMILES string of the molecule is CCC1CN(C(C)(CN)CCc2ccccc2)CCS1. The lowest BCUT2D eigenvalue weighted by atomic mass is 9.90. The third-order valence-corrected chi connectivity index (χ3v) is 5.96. The van der Waals surface area contributed by atoms with Crippen LogP contribution in [-0.4, -0.2) is 41.1 Å². The van der Waals surface area contributed by atoms with Crippen LogP contribution < -0.4 is 5.73 Å². The van der Waals surface area contributed by atoms with E-state index >= 15 is 0 Å². The van der Waals surface area contributed by atoms with E-state index in [1.165, 1.54) is 30.8 Å². The van der Waals surface area contributed by atoms with Crippen LogP contribution in [0, 0.1) is 0 Å². The van der Waals surface area contributed by atoms with Crippen molar-refractivity contribution >= 4 is 11.8 Å². The van der Waals surface area contributed by atoms with Gasteiger partial charge in [0, 0.05) is 36.2 Å². The molecule has 20 heavy (non-hydrogen) atoms. The van der Waals surface area contributed by atoms with Gasteiger partial charge in [-0.25, -0.2) is 0 Å². The van der Waals surface area contributed by atoms with Crippen molar-refractivity contribution in [2.24, 2.45) is 5.73 Å². The summed E-state index contributed by atoms with van der Waals surface area (Å²) >= 11 is 2.13. The summed E-state index contributed by atoms with van der Waals surface area (Å²) in [6.07, 6.45) is 3.53. The minimum Gasteiger partial charge on any atom is -0.329 e. The minimum atomic E-state index is 0.143. The molecule has 1 aliphatic heterocycles. The second-order valence-corrected chi connectivity index (χ2v) is 7.44. The number of nitrogens with zero attached hydrogens (tertiary/aromatic N) is 1. The molecule has 2 unspecified atom stereocenters. The fourth-order valence-electron chi connectivity index (χ4n) is 2.90. The number of nitrogens with two attached hydrogens (primary N) is 1. The van der Waals surface area contributed by atoms with Crippen LogP contribution in [0.5, 0.6) is 0 Å². The molecule has 112 valence electrons. The fraction of sp³-hybridized carbons (Fsp3) is 0.647. The van der Waals surface area contributed by atoms with E-state index in [1.807, 2.05) is 0 Å². The van der Waals surface area contributed by atoms with Crippen LogP contribution >= 0.6 is 11.8 Å². The molecule has 0 radical (unpaired) electrons.